The average molecular weight is 364 g/mol. The molecule has 132 valence electrons. The first-order valence-electron chi connectivity index (χ1n) is 8.75. The summed E-state index contributed by atoms with van der Waals surface area (Å²) < 4.78 is 7.03. The van der Waals surface area contributed by atoms with E-state index in [0.29, 0.717) is 12.3 Å². The van der Waals surface area contributed by atoms with Gasteiger partial charge in [-0.05, 0) is 38.0 Å². The molecule has 0 fully saturated rings. The zero-order valence-electron chi connectivity index (χ0n) is 14.8. The Balaban J connectivity index is 1.38. The summed E-state index contributed by atoms with van der Waals surface area (Å²) in [6.45, 7) is 4.52. The van der Waals surface area contributed by atoms with E-state index in [1.54, 1.807) is 11.3 Å². The van der Waals surface area contributed by atoms with Crippen LogP contribution in [-0.2, 0) is 6.42 Å². The Bertz CT molecular complexity index is 1060. The van der Waals surface area contributed by atoms with Crippen LogP contribution in [0.5, 0.6) is 0 Å². The summed E-state index contributed by atoms with van der Waals surface area (Å²) in [7, 11) is 0. The number of nitrogens with one attached hydrogen (secondary N) is 1. The number of amides is 1. The molecule has 5 heteroatoms. The minimum Gasteiger partial charge on any atom is -0.450 e. The number of rotatable bonds is 5. The second-order valence-electron chi connectivity index (χ2n) is 6.44. The Morgan fingerprint density at radius 3 is 2.81 bits per heavy atom. The highest BCUT2D eigenvalue weighted by molar-refractivity contribution is 7.18. The van der Waals surface area contributed by atoms with Crippen molar-refractivity contribution in [3.63, 3.8) is 0 Å². The third kappa shape index (κ3) is 3.10. The molecule has 0 saturated heterocycles. The first kappa shape index (κ1) is 16.8. The zero-order chi connectivity index (χ0) is 18.1. The van der Waals surface area contributed by atoms with Crippen LogP contribution in [0.2, 0.25) is 0 Å². The van der Waals surface area contributed by atoms with Gasteiger partial charge in [0.25, 0.3) is 5.91 Å². The molecule has 0 saturated carbocycles. The van der Waals surface area contributed by atoms with Crippen LogP contribution in [0.15, 0.2) is 46.9 Å². The molecule has 4 nitrogen and oxygen atoms in total. The second-order valence-corrected chi connectivity index (χ2v) is 7.56. The number of fused-ring (bicyclic) bond motifs is 2. The van der Waals surface area contributed by atoms with Crippen LogP contribution >= 0.6 is 11.3 Å². The van der Waals surface area contributed by atoms with Crippen molar-refractivity contribution >= 4 is 38.4 Å². The van der Waals surface area contributed by atoms with Gasteiger partial charge in [-0.3, -0.25) is 4.79 Å². The van der Waals surface area contributed by atoms with Crippen LogP contribution in [0, 0.1) is 13.8 Å². The highest BCUT2D eigenvalue weighted by Crippen LogP contribution is 2.27. The van der Waals surface area contributed by atoms with Gasteiger partial charge < -0.3 is 9.73 Å². The predicted octanol–water partition coefficient (Wildman–Crippen LogP) is 5.02. The number of nitrogens with zero attached hydrogens (tertiary/aromatic N) is 1. The maximum atomic E-state index is 12.5. The summed E-state index contributed by atoms with van der Waals surface area (Å²) >= 11 is 1.72. The minimum atomic E-state index is -0.151. The van der Waals surface area contributed by atoms with Gasteiger partial charge in [0.1, 0.15) is 5.58 Å². The number of hydrogen-bond donors (Lipinski definition) is 1. The lowest BCUT2D eigenvalue weighted by Gasteiger charge is -2.02. The molecule has 0 aliphatic carbocycles. The fourth-order valence-electron chi connectivity index (χ4n) is 3.15. The number of hydrogen-bond acceptors (Lipinski definition) is 4. The Hall–Kier alpha value is -2.66. The number of carbonyl (C=O) groups is 1. The van der Waals surface area contributed by atoms with E-state index in [9.17, 15) is 4.79 Å². The molecule has 2 heterocycles. The maximum absolute atomic E-state index is 12.5. The number of para-hydroxylation sites is 2. The zero-order valence-corrected chi connectivity index (χ0v) is 15.7. The smallest absolute Gasteiger partial charge is 0.287 e. The fourth-order valence-corrected chi connectivity index (χ4v) is 4.16. The van der Waals surface area contributed by atoms with Gasteiger partial charge in [-0.15, -0.1) is 11.3 Å². The number of aryl methyl sites for hydroxylation is 3. The molecule has 0 aliphatic rings. The van der Waals surface area contributed by atoms with E-state index in [-0.39, 0.29) is 5.91 Å². The molecule has 0 bridgehead atoms. The SMILES string of the molecule is Cc1c(C(=O)NCCCc2nc3ccccc3s2)oc2c(C)cccc12. The van der Waals surface area contributed by atoms with Crippen LogP contribution in [-0.4, -0.2) is 17.4 Å². The first-order chi connectivity index (χ1) is 12.6. The molecule has 2 aromatic heterocycles. The summed E-state index contributed by atoms with van der Waals surface area (Å²) in [5, 5.41) is 5.08. The van der Waals surface area contributed by atoms with Gasteiger partial charge in [0.15, 0.2) is 5.76 Å². The van der Waals surface area contributed by atoms with Crippen LogP contribution in [0.4, 0.5) is 0 Å². The van der Waals surface area contributed by atoms with E-state index in [1.165, 1.54) is 4.70 Å². The van der Waals surface area contributed by atoms with Gasteiger partial charge in [0.2, 0.25) is 0 Å². The van der Waals surface area contributed by atoms with E-state index in [1.807, 2.05) is 50.2 Å². The van der Waals surface area contributed by atoms with Crippen LogP contribution in [0.25, 0.3) is 21.2 Å². The summed E-state index contributed by atoms with van der Waals surface area (Å²) in [5.74, 6) is 0.261. The molecule has 0 atom stereocenters. The maximum Gasteiger partial charge on any atom is 0.287 e. The average Bonchev–Trinajstić information content (AvgIpc) is 3.20. The van der Waals surface area contributed by atoms with Crippen LogP contribution in [0.3, 0.4) is 0 Å². The Kier molecular flexibility index (Phi) is 4.47. The standard InChI is InChI=1S/C21H20N2O2S/c1-13-7-5-8-15-14(2)20(25-19(13)15)21(24)22-12-6-11-18-23-16-9-3-4-10-17(16)26-18/h3-5,7-10H,6,11-12H2,1-2H3,(H,22,24). The van der Waals surface area contributed by atoms with Crippen molar-refractivity contribution in [1.29, 1.82) is 0 Å². The van der Waals surface area contributed by atoms with E-state index in [2.05, 4.69) is 16.4 Å². The molecule has 26 heavy (non-hydrogen) atoms. The molecule has 0 aliphatic heterocycles. The van der Waals surface area contributed by atoms with Crippen LogP contribution < -0.4 is 5.32 Å². The van der Waals surface area contributed by atoms with E-state index in [0.717, 1.165) is 45.5 Å². The summed E-state index contributed by atoms with van der Waals surface area (Å²) in [6, 6.07) is 14.1. The van der Waals surface area contributed by atoms with Gasteiger partial charge in [-0.1, -0.05) is 30.3 Å². The number of furan rings is 1. The molecule has 2 aromatic carbocycles. The van der Waals surface area contributed by atoms with Crippen molar-refractivity contribution in [2.24, 2.45) is 0 Å². The lowest BCUT2D eigenvalue weighted by atomic mass is 10.1. The van der Waals surface area contributed by atoms with Gasteiger partial charge in [-0.2, -0.15) is 0 Å². The van der Waals surface area contributed by atoms with E-state index < -0.39 is 0 Å². The molecule has 4 aromatic rings. The summed E-state index contributed by atoms with van der Waals surface area (Å²) in [5.41, 5.74) is 3.78. The van der Waals surface area contributed by atoms with Crippen molar-refractivity contribution in [2.75, 3.05) is 6.54 Å². The predicted molar refractivity (Wildman–Crippen MR) is 106 cm³/mol. The molecule has 1 amide bonds. The highest BCUT2D eigenvalue weighted by atomic mass is 32.1. The molecule has 0 unspecified atom stereocenters. The normalized spacial score (nSPS) is 11.3. The van der Waals surface area contributed by atoms with Crippen molar-refractivity contribution in [3.8, 4) is 0 Å². The number of thiazole rings is 1. The van der Waals surface area contributed by atoms with Gasteiger partial charge >= 0.3 is 0 Å². The lowest BCUT2D eigenvalue weighted by molar-refractivity contribution is 0.0927. The third-order valence-corrected chi connectivity index (χ3v) is 5.65. The Morgan fingerprint density at radius 1 is 1.15 bits per heavy atom. The van der Waals surface area contributed by atoms with Crippen molar-refractivity contribution in [3.05, 3.63) is 64.4 Å². The van der Waals surface area contributed by atoms with Crippen molar-refractivity contribution < 1.29 is 9.21 Å². The monoisotopic (exact) mass is 364 g/mol. The van der Waals surface area contributed by atoms with Crippen LogP contribution in [0.1, 0.15) is 33.1 Å². The Labute approximate surface area is 155 Å². The van der Waals surface area contributed by atoms with Crippen molar-refractivity contribution in [1.82, 2.24) is 10.3 Å². The molecule has 1 N–H and O–H groups in total. The van der Waals surface area contributed by atoms with E-state index >= 15 is 0 Å². The number of carbonyl (C=O) groups excluding carboxylic acids is 1. The first-order valence-corrected chi connectivity index (χ1v) is 9.56. The molecule has 0 spiro atoms. The molecular formula is C21H20N2O2S. The Morgan fingerprint density at radius 2 is 2.00 bits per heavy atom. The summed E-state index contributed by atoms with van der Waals surface area (Å²) in [4.78, 5) is 17.1. The molecular weight excluding hydrogens is 344 g/mol. The largest absolute Gasteiger partial charge is 0.450 e. The van der Waals surface area contributed by atoms with Gasteiger partial charge in [-0.25, -0.2) is 4.98 Å². The molecule has 4 rings (SSSR count). The third-order valence-electron chi connectivity index (χ3n) is 4.56. The summed E-state index contributed by atoms with van der Waals surface area (Å²) in [6.07, 6.45) is 1.71. The van der Waals surface area contributed by atoms with E-state index in [4.69, 9.17) is 4.42 Å². The second kappa shape index (κ2) is 6.92. The minimum absolute atomic E-state index is 0.151. The van der Waals surface area contributed by atoms with Gasteiger partial charge in [0, 0.05) is 23.9 Å². The lowest BCUT2D eigenvalue weighted by Crippen LogP contribution is -2.24. The number of aromatic nitrogens is 1. The molecule has 0 radical (unpaired) electrons. The quantitative estimate of drug-likeness (QED) is 0.506. The highest BCUT2D eigenvalue weighted by Gasteiger charge is 2.18. The van der Waals surface area contributed by atoms with Gasteiger partial charge in [0.05, 0.1) is 15.2 Å². The fraction of sp³-hybridized carbons (Fsp3) is 0.238. The topological polar surface area (TPSA) is 55.1 Å². The van der Waals surface area contributed by atoms with Crippen molar-refractivity contribution in [2.45, 2.75) is 26.7 Å². The number of benzene rings is 2.